The molecule has 0 amide bonds. The summed E-state index contributed by atoms with van der Waals surface area (Å²) >= 11 is 0. The van der Waals surface area contributed by atoms with E-state index in [1.54, 1.807) is 0 Å². The van der Waals surface area contributed by atoms with Crippen LogP contribution in [0.2, 0.25) is 0 Å². The van der Waals surface area contributed by atoms with Crippen LogP contribution in [0.1, 0.15) is 50.8 Å². The first kappa shape index (κ1) is 14.5. The number of nitrogens with one attached hydrogen (secondary N) is 1. The van der Waals surface area contributed by atoms with Crippen LogP contribution >= 0.6 is 0 Å². The number of morpholine rings is 1. The number of hydrogen-bond acceptors (Lipinski definition) is 2. The van der Waals surface area contributed by atoms with Gasteiger partial charge in [-0.3, -0.25) is 0 Å². The van der Waals surface area contributed by atoms with Crippen LogP contribution < -0.4 is 5.32 Å². The summed E-state index contributed by atoms with van der Waals surface area (Å²) in [5, 5.41) is 3.49. The van der Waals surface area contributed by atoms with Crippen molar-refractivity contribution in [2.45, 2.75) is 52.2 Å². The zero-order chi connectivity index (χ0) is 13.7. The summed E-state index contributed by atoms with van der Waals surface area (Å²) in [5.74, 6) is 0.715. The summed E-state index contributed by atoms with van der Waals surface area (Å²) in [7, 11) is 0. The summed E-state index contributed by atoms with van der Waals surface area (Å²) in [6, 6.07) is 8.97. The third kappa shape index (κ3) is 4.32. The smallest absolute Gasteiger partial charge is 0.0953 e. The standard InChI is InChI=1S/C17H27NO/c1-4-5-16-11-18-12-17(19-16)15-8-6-14(7-9-15)10-13(2)3/h6-9,13,16-18H,4-5,10-12H2,1-3H3. The molecule has 2 rings (SSSR count). The Bertz CT molecular complexity index is 369. The molecular weight excluding hydrogens is 234 g/mol. The molecule has 0 aromatic heterocycles. The SMILES string of the molecule is CCCC1CNCC(c2ccc(CC(C)C)cc2)O1. The van der Waals surface area contributed by atoms with Gasteiger partial charge in [0.15, 0.2) is 0 Å². The van der Waals surface area contributed by atoms with E-state index in [4.69, 9.17) is 4.74 Å². The summed E-state index contributed by atoms with van der Waals surface area (Å²) in [6.45, 7) is 8.67. The molecule has 1 fully saturated rings. The molecule has 0 spiro atoms. The van der Waals surface area contributed by atoms with Crippen LogP contribution in [0.3, 0.4) is 0 Å². The Hall–Kier alpha value is -0.860. The van der Waals surface area contributed by atoms with Gasteiger partial charge in [-0.25, -0.2) is 0 Å². The Kier molecular flexibility index (Phi) is 5.41. The van der Waals surface area contributed by atoms with Crippen LogP contribution in [0.15, 0.2) is 24.3 Å². The number of rotatable bonds is 5. The van der Waals surface area contributed by atoms with Gasteiger partial charge in [0.1, 0.15) is 0 Å². The number of benzene rings is 1. The topological polar surface area (TPSA) is 21.3 Å². The molecule has 1 heterocycles. The first-order valence-electron chi connectivity index (χ1n) is 7.64. The molecule has 19 heavy (non-hydrogen) atoms. The van der Waals surface area contributed by atoms with Crippen molar-refractivity contribution in [1.29, 1.82) is 0 Å². The summed E-state index contributed by atoms with van der Waals surface area (Å²) < 4.78 is 6.17. The second kappa shape index (κ2) is 7.06. The highest BCUT2D eigenvalue weighted by Gasteiger charge is 2.22. The minimum absolute atomic E-state index is 0.221. The van der Waals surface area contributed by atoms with Crippen LogP contribution in [0.4, 0.5) is 0 Å². The summed E-state index contributed by atoms with van der Waals surface area (Å²) in [4.78, 5) is 0. The van der Waals surface area contributed by atoms with Crippen molar-refractivity contribution in [1.82, 2.24) is 5.32 Å². The van der Waals surface area contributed by atoms with Crippen molar-refractivity contribution in [3.05, 3.63) is 35.4 Å². The number of ether oxygens (including phenoxy) is 1. The average molecular weight is 261 g/mol. The van der Waals surface area contributed by atoms with Gasteiger partial charge in [0, 0.05) is 13.1 Å². The first-order valence-corrected chi connectivity index (χ1v) is 7.64. The highest BCUT2D eigenvalue weighted by atomic mass is 16.5. The molecule has 1 N–H and O–H groups in total. The Morgan fingerprint density at radius 2 is 1.95 bits per heavy atom. The van der Waals surface area contributed by atoms with Crippen molar-refractivity contribution in [3.63, 3.8) is 0 Å². The van der Waals surface area contributed by atoms with Gasteiger partial charge in [-0.05, 0) is 29.9 Å². The monoisotopic (exact) mass is 261 g/mol. The van der Waals surface area contributed by atoms with E-state index in [-0.39, 0.29) is 6.10 Å². The third-order valence-electron chi connectivity index (χ3n) is 3.66. The van der Waals surface area contributed by atoms with Crippen LogP contribution in [0, 0.1) is 5.92 Å². The second-order valence-corrected chi connectivity index (χ2v) is 6.03. The van der Waals surface area contributed by atoms with E-state index in [9.17, 15) is 0 Å². The largest absolute Gasteiger partial charge is 0.368 e. The second-order valence-electron chi connectivity index (χ2n) is 6.03. The van der Waals surface area contributed by atoms with E-state index in [0.717, 1.165) is 25.9 Å². The molecule has 106 valence electrons. The molecule has 2 atom stereocenters. The first-order chi connectivity index (χ1) is 9.19. The fourth-order valence-corrected chi connectivity index (χ4v) is 2.73. The lowest BCUT2D eigenvalue weighted by Gasteiger charge is -2.31. The molecule has 0 aliphatic carbocycles. The van der Waals surface area contributed by atoms with Gasteiger partial charge in [-0.1, -0.05) is 51.5 Å². The van der Waals surface area contributed by atoms with E-state index in [1.165, 1.54) is 17.5 Å². The molecule has 1 aromatic rings. The van der Waals surface area contributed by atoms with E-state index in [1.807, 2.05) is 0 Å². The van der Waals surface area contributed by atoms with Crippen molar-refractivity contribution >= 4 is 0 Å². The normalized spacial score (nSPS) is 23.8. The molecule has 0 radical (unpaired) electrons. The lowest BCUT2D eigenvalue weighted by atomic mass is 9.99. The molecule has 1 aliphatic heterocycles. The molecule has 2 nitrogen and oxygen atoms in total. The fraction of sp³-hybridized carbons (Fsp3) is 0.647. The maximum atomic E-state index is 6.17. The van der Waals surface area contributed by atoms with Crippen LogP contribution in [0.5, 0.6) is 0 Å². The van der Waals surface area contributed by atoms with E-state index in [0.29, 0.717) is 12.0 Å². The van der Waals surface area contributed by atoms with E-state index < -0.39 is 0 Å². The predicted molar refractivity (Wildman–Crippen MR) is 80.4 cm³/mol. The van der Waals surface area contributed by atoms with E-state index >= 15 is 0 Å². The van der Waals surface area contributed by atoms with Crippen molar-refractivity contribution in [2.75, 3.05) is 13.1 Å². The Balaban J connectivity index is 1.97. The minimum atomic E-state index is 0.221. The lowest BCUT2D eigenvalue weighted by molar-refractivity contribution is -0.0425. The van der Waals surface area contributed by atoms with Gasteiger partial charge in [0.05, 0.1) is 12.2 Å². The van der Waals surface area contributed by atoms with Gasteiger partial charge in [-0.15, -0.1) is 0 Å². The van der Waals surface area contributed by atoms with Crippen LogP contribution in [0.25, 0.3) is 0 Å². The molecule has 1 aromatic carbocycles. The van der Waals surface area contributed by atoms with Crippen LogP contribution in [-0.4, -0.2) is 19.2 Å². The zero-order valence-electron chi connectivity index (χ0n) is 12.5. The van der Waals surface area contributed by atoms with Crippen LogP contribution in [-0.2, 0) is 11.2 Å². The summed E-state index contributed by atoms with van der Waals surface area (Å²) in [5.41, 5.74) is 2.73. The third-order valence-corrected chi connectivity index (χ3v) is 3.66. The zero-order valence-corrected chi connectivity index (χ0v) is 12.5. The lowest BCUT2D eigenvalue weighted by Crippen LogP contribution is -2.40. The molecule has 1 saturated heterocycles. The molecule has 1 aliphatic rings. The Morgan fingerprint density at radius 1 is 1.21 bits per heavy atom. The molecule has 2 heteroatoms. The number of hydrogen-bond donors (Lipinski definition) is 1. The Labute approximate surface area is 117 Å². The van der Waals surface area contributed by atoms with E-state index in [2.05, 4.69) is 50.4 Å². The van der Waals surface area contributed by atoms with Crippen molar-refractivity contribution in [2.24, 2.45) is 5.92 Å². The maximum absolute atomic E-state index is 6.17. The fourth-order valence-electron chi connectivity index (χ4n) is 2.73. The summed E-state index contributed by atoms with van der Waals surface area (Å²) in [6.07, 6.45) is 4.08. The Morgan fingerprint density at radius 3 is 2.58 bits per heavy atom. The van der Waals surface area contributed by atoms with Gasteiger partial charge in [-0.2, -0.15) is 0 Å². The molecule has 0 bridgehead atoms. The highest BCUT2D eigenvalue weighted by molar-refractivity contribution is 5.25. The molecule has 2 unspecified atom stereocenters. The molecule has 0 saturated carbocycles. The highest BCUT2D eigenvalue weighted by Crippen LogP contribution is 2.23. The van der Waals surface area contributed by atoms with Gasteiger partial charge >= 0.3 is 0 Å². The van der Waals surface area contributed by atoms with Crippen molar-refractivity contribution in [3.8, 4) is 0 Å². The predicted octanol–water partition coefficient (Wildman–Crippen LogP) is 3.71. The maximum Gasteiger partial charge on any atom is 0.0953 e. The van der Waals surface area contributed by atoms with Gasteiger partial charge in [0.2, 0.25) is 0 Å². The molecular formula is C17H27NO. The van der Waals surface area contributed by atoms with Gasteiger partial charge in [0.25, 0.3) is 0 Å². The van der Waals surface area contributed by atoms with Gasteiger partial charge < -0.3 is 10.1 Å². The quantitative estimate of drug-likeness (QED) is 0.872. The van der Waals surface area contributed by atoms with Crippen molar-refractivity contribution < 1.29 is 4.74 Å². The minimum Gasteiger partial charge on any atom is -0.368 e. The average Bonchev–Trinajstić information content (AvgIpc) is 2.40.